The summed E-state index contributed by atoms with van der Waals surface area (Å²) in [4.78, 5) is 3.21. The molecule has 2 aromatic carbocycles. The third kappa shape index (κ3) is 3.99. The highest BCUT2D eigenvalue weighted by Gasteiger charge is 2.29. The Labute approximate surface area is 174 Å². The van der Waals surface area contributed by atoms with Gasteiger partial charge in [-0.05, 0) is 42.0 Å². The first-order valence-electron chi connectivity index (χ1n) is 7.37. The largest absolute Gasteiger partial charge is 0.497 e. The van der Waals surface area contributed by atoms with E-state index in [1.165, 1.54) is 19.4 Å². The molecule has 1 aromatic heterocycles. The fourth-order valence-corrected chi connectivity index (χ4v) is 5.13. The van der Waals surface area contributed by atoms with Crippen LogP contribution in [0.2, 0.25) is 0 Å². The van der Waals surface area contributed by atoms with Crippen molar-refractivity contribution in [3.63, 3.8) is 0 Å². The van der Waals surface area contributed by atoms with Crippen LogP contribution in [-0.2, 0) is 16.3 Å². The van der Waals surface area contributed by atoms with Gasteiger partial charge in [-0.15, -0.1) is 0 Å². The minimum absolute atomic E-state index is 0.0739. The quantitative estimate of drug-likeness (QED) is 0.472. The van der Waals surface area contributed by atoms with Gasteiger partial charge in [-0.1, -0.05) is 50.7 Å². The number of hydrogen-bond donors (Lipinski definition) is 1. The number of alkyl halides is 3. The summed E-state index contributed by atoms with van der Waals surface area (Å²) in [5.41, 5.74) is 1.08. The van der Waals surface area contributed by atoms with E-state index in [1.807, 2.05) is 6.07 Å². The number of aromatic amines is 1. The van der Waals surface area contributed by atoms with Gasteiger partial charge in [-0.25, -0.2) is 8.42 Å². The predicted molar refractivity (Wildman–Crippen MR) is 108 cm³/mol. The fraction of sp³-hybridized carbons (Fsp3) is 0.176. The van der Waals surface area contributed by atoms with Crippen molar-refractivity contribution >= 4 is 71.5 Å². The highest BCUT2D eigenvalue weighted by molar-refractivity contribution is 9.10. The monoisotopic (exact) mass is 495 g/mol. The van der Waals surface area contributed by atoms with Gasteiger partial charge in [0.15, 0.2) is 3.79 Å². The topological polar surface area (TPSA) is 59.2 Å². The van der Waals surface area contributed by atoms with Gasteiger partial charge in [0.05, 0.1) is 16.9 Å². The van der Waals surface area contributed by atoms with Crippen molar-refractivity contribution in [2.24, 2.45) is 0 Å². The second kappa shape index (κ2) is 7.24. The summed E-state index contributed by atoms with van der Waals surface area (Å²) in [6.07, 6.45) is 1.39. The highest BCUT2D eigenvalue weighted by atomic mass is 79.9. The molecule has 0 aliphatic carbocycles. The standard InChI is InChI=1S/C17H13BrCl3NO3S/c1-25-12-3-5-15(10(6-12)8-17(19,20)21)26(23,24)16-9-22-14-4-2-11(18)7-13(14)16/h2-7,9,22H,8H2,1H3. The first-order chi connectivity index (χ1) is 12.1. The molecule has 138 valence electrons. The Hall–Kier alpha value is -0.920. The normalized spacial score (nSPS) is 12.5. The molecule has 0 atom stereocenters. The van der Waals surface area contributed by atoms with Gasteiger partial charge in [0.1, 0.15) is 5.75 Å². The van der Waals surface area contributed by atoms with Crippen molar-refractivity contribution < 1.29 is 13.2 Å². The second-order valence-corrected chi connectivity index (χ2v) is 10.9. The van der Waals surface area contributed by atoms with E-state index in [0.29, 0.717) is 22.2 Å². The van der Waals surface area contributed by atoms with E-state index in [-0.39, 0.29) is 16.2 Å². The molecule has 3 rings (SSSR count). The van der Waals surface area contributed by atoms with Crippen LogP contribution in [0.5, 0.6) is 5.75 Å². The van der Waals surface area contributed by atoms with Crippen molar-refractivity contribution in [3.8, 4) is 5.75 Å². The molecule has 0 saturated heterocycles. The van der Waals surface area contributed by atoms with E-state index in [0.717, 1.165) is 4.47 Å². The van der Waals surface area contributed by atoms with E-state index < -0.39 is 13.6 Å². The molecule has 0 unspecified atom stereocenters. The predicted octanol–water partition coefficient (Wildman–Crippen LogP) is 5.68. The van der Waals surface area contributed by atoms with Crippen LogP contribution in [-0.4, -0.2) is 24.3 Å². The molecule has 1 heterocycles. The van der Waals surface area contributed by atoms with Gasteiger partial charge in [-0.2, -0.15) is 0 Å². The Kier molecular flexibility index (Phi) is 5.53. The third-order valence-electron chi connectivity index (χ3n) is 3.84. The molecule has 0 radical (unpaired) electrons. The van der Waals surface area contributed by atoms with Crippen LogP contribution in [0.1, 0.15) is 5.56 Å². The molecule has 26 heavy (non-hydrogen) atoms. The number of nitrogens with one attached hydrogen (secondary N) is 1. The van der Waals surface area contributed by atoms with Crippen LogP contribution in [0, 0.1) is 0 Å². The van der Waals surface area contributed by atoms with Gasteiger partial charge < -0.3 is 9.72 Å². The summed E-state index contributed by atoms with van der Waals surface area (Å²) in [6.45, 7) is 0. The maximum atomic E-state index is 13.3. The van der Waals surface area contributed by atoms with Crippen LogP contribution >= 0.6 is 50.7 Å². The van der Waals surface area contributed by atoms with E-state index >= 15 is 0 Å². The van der Waals surface area contributed by atoms with Crippen molar-refractivity contribution in [2.75, 3.05) is 7.11 Å². The van der Waals surface area contributed by atoms with E-state index in [2.05, 4.69) is 20.9 Å². The number of ether oxygens (including phenoxy) is 1. The summed E-state index contributed by atoms with van der Waals surface area (Å²) in [5.74, 6) is 0.481. The van der Waals surface area contributed by atoms with Crippen LogP contribution in [0.25, 0.3) is 10.9 Å². The third-order valence-corrected chi connectivity index (χ3v) is 6.63. The molecular formula is C17H13BrCl3NO3S. The Morgan fingerprint density at radius 2 is 1.85 bits per heavy atom. The number of halogens is 4. The zero-order chi connectivity index (χ0) is 19.1. The smallest absolute Gasteiger partial charge is 0.208 e. The first-order valence-corrected chi connectivity index (χ1v) is 10.8. The molecule has 0 aliphatic rings. The van der Waals surface area contributed by atoms with Crippen molar-refractivity contribution in [1.82, 2.24) is 4.98 Å². The minimum atomic E-state index is -3.85. The Balaban J connectivity index is 2.21. The Morgan fingerprint density at radius 3 is 2.50 bits per heavy atom. The molecule has 9 heteroatoms. The molecule has 0 fully saturated rings. The summed E-state index contributed by atoms with van der Waals surface area (Å²) < 4.78 is 31.0. The summed E-state index contributed by atoms with van der Waals surface area (Å²) in [6, 6.07) is 9.98. The zero-order valence-electron chi connectivity index (χ0n) is 13.4. The Morgan fingerprint density at radius 1 is 1.12 bits per heavy atom. The lowest BCUT2D eigenvalue weighted by Gasteiger charge is -2.16. The zero-order valence-corrected chi connectivity index (χ0v) is 18.1. The average molecular weight is 498 g/mol. The lowest BCUT2D eigenvalue weighted by Crippen LogP contribution is -2.12. The second-order valence-electron chi connectivity index (χ2n) is 5.61. The average Bonchev–Trinajstić information content (AvgIpc) is 2.96. The van der Waals surface area contributed by atoms with E-state index in [1.54, 1.807) is 24.3 Å². The number of sulfone groups is 1. The molecule has 4 nitrogen and oxygen atoms in total. The molecule has 0 saturated carbocycles. The maximum absolute atomic E-state index is 13.3. The van der Waals surface area contributed by atoms with Gasteiger partial charge in [-0.3, -0.25) is 0 Å². The highest BCUT2D eigenvalue weighted by Crippen LogP contribution is 2.37. The van der Waals surface area contributed by atoms with Gasteiger partial charge in [0, 0.05) is 28.0 Å². The SMILES string of the molecule is COc1ccc(S(=O)(=O)c2c[nH]c3ccc(Br)cc23)c(CC(Cl)(Cl)Cl)c1. The number of rotatable bonds is 4. The van der Waals surface area contributed by atoms with Crippen LogP contribution < -0.4 is 4.74 Å². The summed E-state index contributed by atoms with van der Waals surface area (Å²) in [7, 11) is -2.36. The van der Waals surface area contributed by atoms with Crippen LogP contribution in [0.3, 0.4) is 0 Å². The van der Waals surface area contributed by atoms with Crippen molar-refractivity contribution in [1.29, 1.82) is 0 Å². The van der Waals surface area contributed by atoms with Gasteiger partial charge >= 0.3 is 0 Å². The molecule has 0 bridgehead atoms. The van der Waals surface area contributed by atoms with Crippen molar-refractivity contribution in [2.45, 2.75) is 20.0 Å². The van der Waals surface area contributed by atoms with Gasteiger partial charge in [0.2, 0.25) is 9.84 Å². The molecule has 3 aromatic rings. The number of aromatic nitrogens is 1. The lowest BCUT2D eigenvalue weighted by atomic mass is 10.1. The molecular weight excluding hydrogens is 485 g/mol. The van der Waals surface area contributed by atoms with Gasteiger partial charge in [0.25, 0.3) is 0 Å². The van der Waals surface area contributed by atoms with E-state index in [9.17, 15) is 8.42 Å². The first kappa shape index (κ1) is 19.8. The number of H-pyrrole nitrogens is 1. The molecule has 0 amide bonds. The summed E-state index contributed by atoms with van der Waals surface area (Å²) in [5, 5.41) is 0.579. The minimum Gasteiger partial charge on any atom is -0.497 e. The molecule has 1 N–H and O–H groups in total. The van der Waals surface area contributed by atoms with Crippen molar-refractivity contribution in [3.05, 3.63) is 52.6 Å². The number of hydrogen-bond acceptors (Lipinski definition) is 3. The van der Waals surface area contributed by atoms with E-state index in [4.69, 9.17) is 39.5 Å². The number of benzene rings is 2. The number of methoxy groups -OCH3 is 1. The molecule has 0 spiro atoms. The maximum Gasteiger partial charge on any atom is 0.208 e. The van der Waals surface area contributed by atoms with Crippen LogP contribution in [0.4, 0.5) is 0 Å². The Bertz CT molecular complexity index is 1070. The summed E-state index contributed by atoms with van der Waals surface area (Å²) >= 11 is 21.1. The molecule has 0 aliphatic heterocycles. The number of fused-ring (bicyclic) bond motifs is 1. The van der Waals surface area contributed by atoms with Crippen LogP contribution in [0.15, 0.2) is 56.9 Å². The fourth-order valence-electron chi connectivity index (χ4n) is 2.71. The lowest BCUT2D eigenvalue weighted by molar-refractivity contribution is 0.413.